The summed E-state index contributed by atoms with van der Waals surface area (Å²) in [4.78, 5) is 25.7. The van der Waals surface area contributed by atoms with Crippen molar-refractivity contribution in [1.29, 1.82) is 0 Å². The Bertz CT molecular complexity index is 1290. The number of carbonyl (C=O) groups is 2. The highest BCUT2D eigenvalue weighted by Crippen LogP contribution is 2.44. The summed E-state index contributed by atoms with van der Waals surface area (Å²) in [6.45, 7) is -0.398. The number of rotatable bonds is 6. The number of nitrogens with zero attached hydrogens (tertiary/aromatic N) is 2. The molecule has 1 aliphatic heterocycles. The molecule has 36 heavy (non-hydrogen) atoms. The summed E-state index contributed by atoms with van der Waals surface area (Å²) >= 11 is 0. The summed E-state index contributed by atoms with van der Waals surface area (Å²) in [6, 6.07) is 25.4. The number of hydrazone groups is 1. The molecule has 182 valence electrons. The minimum absolute atomic E-state index is 0.0310. The van der Waals surface area contributed by atoms with E-state index in [2.05, 4.69) is 18.2 Å². The topological polar surface area (TPSA) is 59.0 Å². The zero-order valence-electron chi connectivity index (χ0n) is 19.8. The lowest BCUT2D eigenvalue weighted by atomic mass is 9.77. The molecular formula is C30H27FN2O3. The van der Waals surface area contributed by atoms with Crippen LogP contribution in [0.3, 0.4) is 0 Å². The predicted molar refractivity (Wildman–Crippen MR) is 136 cm³/mol. The third kappa shape index (κ3) is 5.28. The van der Waals surface area contributed by atoms with E-state index in [1.165, 1.54) is 29.3 Å². The van der Waals surface area contributed by atoms with Crippen LogP contribution >= 0.6 is 0 Å². The van der Waals surface area contributed by atoms with E-state index < -0.39 is 12.6 Å². The standard InChI is InChI=1S/C30H27FN2O3/c31-25-16-14-22(15-17-25)19-28(35)36-20-27(34)33-30(23-10-5-2-6-11-23)26-13-7-12-24(29(26)32-33)18-21-8-3-1-4-9-21/h1-6,8-11,14-18,26,30H,7,12-13,19-20H2/b24-18-/t26-,30+/m0/s1. The van der Waals surface area contributed by atoms with E-state index >= 15 is 0 Å². The quantitative estimate of drug-likeness (QED) is 0.422. The van der Waals surface area contributed by atoms with Crippen LogP contribution in [0.2, 0.25) is 0 Å². The highest BCUT2D eigenvalue weighted by atomic mass is 19.1. The summed E-state index contributed by atoms with van der Waals surface area (Å²) in [5.74, 6) is -1.20. The average Bonchev–Trinajstić information content (AvgIpc) is 3.31. The van der Waals surface area contributed by atoms with Gasteiger partial charge in [0.25, 0.3) is 5.91 Å². The molecule has 5 rings (SSSR count). The maximum absolute atomic E-state index is 13.3. The molecule has 3 aromatic carbocycles. The molecule has 0 radical (unpaired) electrons. The summed E-state index contributed by atoms with van der Waals surface area (Å²) in [6.07, 6.45) is 4.97. The number of esters is 1. The first-order valence-corrected chi connectivity index (χ1v) is 12.2. The van der Waals surface area contributed by atoms with E-state index in [0.717, 1.165) is 41.7 Å². The molecule has 2 aliphatic rings. The third-order valence-corrected chi connectivity index (χ3v) is 6.66. The number of hydrogen-bond donors (Lipinski definition) is 0. The van der Waals surface area contributed by atoms with Crippen molar-refractivity contribution < 1.29 is 18.7 Å². The van der Waals surface area contributed by atoms with Gasteiger partial charge in [-0.2, -0.15) is 5.10 Å². The van der Waals surface area contributed by atoms with Gasteiger partial charge in [0.1, 0.15) is 5.82 Å². The Kier molecular flexibility index (Phi) is 7.03. The minimum Gasteiger partial charge on any atom is -0.455 e. The second-order valence-corrected chi connectivity index (χ2v) is 9.12. The van der Waals surface area contributed by atoms with Gasteiger partial charge in [0.2, 0.25) is 0 Å². The van der Waals surface area contributed by atoms with Crippen molar-refractivity contribution in [1.82, 2.24) is 5.01 Å². The SMILES string of the molecule is O=C(Cc1ccc(F)cc1)OCC(=O)N1N=C2/C(=C\c3ccccc3)CCC[C@@H]2[C@H]1c1ccccc1. The average molecular weight is 483 g/mol. The maximum atomic E-state index is 13.3. The van der Waals surface area contributed by atoms with Crippen molar-refractivity contribution in [3.05, 3.63) is 113 Å². The second kappa shape index (κ2) is 10.7. The van der Waals surface area contributed by atoms with Gasteiger partial charge in [-0.1, -0.05) is 72.8 Å². The number of halogens is 1. The van der Waals surface area contributed by atoms with Crippen LogP contribution in [-0.2, 0) is 20.7 Å². The summed E-state index contributed by atoms with van der Waals surface area (Å²) in [5, 5.41) is 6.32. The minimum atomic E-state index is -0.542. The van der Waals surface area contributed by atoms with Gasteiger partial charge in [0.05, 0.1) is 18.2 Å². The zero-order chi connectivity index (χ0) is 24.9. The number of fused-ring (bicyclic) bond motifs is 1. The Morgan fingerprint density at radius 3 is 2.39 bits per heavy atom. The molecule has 0 unspecified atom stereocenters. The van der Waals surface area contributed by atoms with E-state index in [9.17, 15) is 14.0 Å². The van der Waals surface area contributed by atoms with Crippen LogP contribution in [0.25, 0.3) is 6.08 Å². The fraction of sp³-hybridized carbons (Fsp3) is 0.233. The van der Waals surface area contributed by atoms with Crippen molar-refractivity contribution >= 4 is 23.7 Å². The largest absolute Gasteiger partial charge is 0.455 e. The zero-order valence-corrected chi connectivity index (χ0v) is 19.8. The highest BCUT2D eigenvalue weighted by molar-refractivity contribution is 6.08. The van der Waals surface area contributed by atoms with E-state index in [-0.39, 0.29) is 30.1 Å². The fourth-order valence-corrected chi connectivity index (χ4v) is 4.97. The molecule has 1 fully saturated rings. The molecule has 2 atom stereocenters. The Morgan fingerprint density at radius 1 is 0.972 bits per heavy atom. The summed E-state index contributed by atoms with van der Waals surface area (Å²) < 4.78 is 18.4. The van der Waals surface area contributed by atoms with E-state index in [1.807, 2.05) is 48.5 Å². The van der Waals surface area contributed by atoms with Crippen molar-refractivity contribution in [3.8, 4) is 0 Å². The monoisotopic (exact) mass is 482 g/mol. The van der Waals surface area contributed by atoms with E-state index in [4.69, 9.17) is 9.84 Å². The van der Waals surface area contributed by atoms with Gasteiger partial charge in [0.15, 0.2) is 6.61 Å². The second-order valence-electron chi connectivity index (χ2n) is 9.12. The Hall–Kier alpha value is -4.06. The lowest BCUT2D eigenvalue weighted by Gasteiger charge is -2.29. The van der Waals surface area contributed by atoms with Crippen molar-refractivity contribution in [2.45, 2.75) is 31.7 Å². The van der Waals surface area contributed by atoms with Crippen LogP contribution in [0, 0.1) is 11.7 Å². The smallest absolute Gasteiger partial charge is 0.310 e. The molecule has 1 heterocycles. The number of benzene rings is 3. The molecule has 1 amide bonds. The van der Waals surface area contributed by atoms with Crippen LogP contribution in [0.1, 0.15) is 42.0 Å². The number of amides is 1. The first kappa shape index (κ1) is 23.7. The van der Waals surface area contributed by atoms with E-state index in [0.29, 0.717) is 5.56 Å². The van der Waals surface area contributed by atoms with Gasteiger partial charge >= 0.3 is 5.97 Å². The molecule has 3 aromatic rings. The van der Waals surface area contributed by atoms with Gasteiger partial charge in [-0.3, -0.25) is 9.59 Å². The van der Waals surface area contributed by atoms with Crippen molar-refractivity contribution in [3.63, 3.8) is 0 Å². The molecule has 0 saturated heterocycles. The Labute approximate surface area is 209 Å². The first-order chi connectivity index (χ1) is 17.6. The van der Waals surface area contributed by atoms with Gasteiger partial charge in [-0.05, 0) is 59.7 Å². The molecule has 5 nitrogen and oxygen atoms in total. The first-order valence-electron chi connectivity index (χ1n) is 12.2. The summed E-state index contributed by atoms with van der Waals surface area (Å²) in [7, 11) is 0. The Balaban J connectivity index is 1.36. The van der Waals surface area contributed by atoms with Crippen LogP contribution in [0.15, 0.2) is 95.6 Å². The lowest BCUT2D eigenvalue weighted by Crippen LogP contribution is -2.34. The fourth-order valence-electron chi connectivity index (χ4n) is 4.97. The van der Waals surface area contributed by atoms with Gasteiger partial charge in [-0.15, -0.1) is 0 Å². The van der Waals surface area contributed by atoms with Crippen molar-refractivity contribution in [2.75, 3.05) is 6.61 Å². The van der Waals surface area contributed by atoms with Gasteiger partial charge in [0, 0.05) is 5.92 Å². The number of ether oxygens (including phenoxy) is 1. The number of hydrogen-bond acceptors (Lipinski definition) is 4. The number of allylic oxidation sites excluding steroid dienone is 1. The molecular weight excluding hydrogens is 455 g/mol. The molecule has 1 saturated carbocycles. The number of carbonyl (C=O) groups excluding carboxylic acids is 2. The molecule has 0 N–H and O–H groups in total. The summed E-state index contributed by atoms with van der Waals surface area (Å²) in [5.41, 5.74) is 4.81. The molecule has 0 spiro atoms. The van der Waals surface area contributed by atoms with E-state index in [1.54, 1.807) is 0 Å². The highest BCUT2D eigenvalue weighted by Gasteiger charge is 2.43. The lowest BCUT2D eigenvalue weighted by molar-refractivity contribution is -0.152. The van der Waals surface area contributed by atoms with Crippen LogP contribution in [-0.4, -0.2) is 29.2 Å². The molecule has 6 heteroatoms. The molecule has 1 aliphatic carbocycles. The Morgan fingerprint density at radius 2 is 1.67 bits per heavy atom. The van der Waals surface area contributed by atoms with Crippen LogP contribution in [0.5, 0.6) is 0 Å². The molecule has 0 bridgehead atoms. The predicted octanol–water partition coefficient (Wildman–Crippen LogP) is 5.73. The normalized spacial score (nSPS) is 20.1. The van der Waals surface area contributed by atoms with Crippen molar-refractivity contribution in [2.24, 2.45) is 11.0 Å². The maximum Gasteiger partial charge on any atom is 0.310 e. The van der Waals surface area contributed by atoms with Crippen LogP contribution < -0.4 is 0 Å². The van der Waals surface area contributed by atoms with Gasteiger partial charge < -0.3 is 4.74 Å². The van der Waals surface area contributed by atoms with Crippen LogP contribution in [0.4, 0.5) is 4.39 Å². The molecule has 0 aromatic heterocycles. The van der Waals surface area contributed by atoms with Gasteiger partial charge in [-0.25, -0.2) is 9.40 Å². The third-order valence-electron chi connectivity index (χ3n) is 6.66.